The zero-order valence-corrected chi connectivity index (χ0v) is 15.0. The van der Waals surface area contributed by atoms with Crippen molar-refractivity contribution in [3.05, 3.63) is 58.9 Å². The predicted molar refractivity (Wildman–Crippen MR) is 97.2 cm³/mol. The van der Waals surface area contributed by atoms with Gasteiger partial charge in [0.05, 0.1) is 20.3 Å². The predicted octanol–water partition coefficient (Wildman–Crippen LogP) is 3.37. The van der Waals surface area contributed by atoms with Crippen molar-refractivity contribution in [1.82, 2.24) is 10.6 Å². The van der Waals surface area contributed by atoms with Crippen LogP contribution in [-0.4, -0.2) is 26.8 Å². The molecule has 2 amide bonds. The lowest BCUT2D eigenvalue weighted by Crippen LogP contribution is -2.38. The maximum absolute atomic E-state index is 13.3. The van der Waals surface area contributed by atoms with Crippen molar-refractivity contribution in [2.45, 2.75) is 25.3 Å². The summed E-state index contributed by atoms with van der Waals surface area (Å²) in [5.41, 5.74) is 3.02. The Kier molecular flexibility index (Phi) is 5.61. The van der Waals surface area contributed by atoms with Gasteiger partial charge >= 0.3 is 6.03 Å². The molecule has 6 heteroatoms. The standard InChI is InChI=1S/C20H23FN2O3/c1-25-18-8-3-13(11-19(18)26-2)9-10-22-20(24)23-17-7-4-14-12-15(21)5-6-16(14)17/h3,5-6,8,11-12,17H,4,7,9-10H2,1-2H3,(H2,22,23,24). The third-order valence-electron chi connectivity index (χ3n) is 4.64. The fourth-order valence-corrected chi connectivity index (χ4v) is 3.30. The molecule has 1 unspecified atom stereocenters. The molecule has 0 radical (unpaired) electrons. The van der Waals surface area contributed by atoms with Crippen molar-refractivity contribution in [3.63, 3.8) is 0 Å². The summed E-state index contributed by atoms with van der Waals surface area (Å²) < 4.78 is 23.8. The maximum atomic E-state index is 13.3. The third-order valence-corrected chi connectivity index (χ3v) is 4.64. The molecule has 0 bridgehead atoms. The number of rotatable bonds is 6. The molecule has 0 saturated carbocycles. The number of nitrogens with one attached hydrogen (secondary N) is 2. The van der Waals surface area contributed by atoms with Crippen LogP contribution in [0.3, 0.4) is 0 Å². The van der Waals surface area contributed by atoms with Gasteiger partial charge in [0.2, 0.25) is 0 Å². The molecule has 0 fully saturated rings. The van der Waals surface area contributed by atoms with Gasteiger partial charge in [-0.15, -0.1) is 0 Å². The van der Waals surface area contributed by atoms with E-state index in [9.17, 15) is 9.18 Å². The largest absolute Gasteiger partial charge is 0.493 e. The van der Waals surface area contributed by atoms with E-state index in [0.29, 0.717) is 24.5 Å². The lowest BCUT2D eigenvalue weighted by atomic mass is 10.1. The van der Waals surface area contributed by atoms with E-state index >= 15 is 0 Å². The first-order chi connectivity index (χ1) is 12.6. The highest BCUT2D eigenvalue weighted by atomic mass is 19.1. The molecule has 2 aromatic rings. The minimum absolute atomic E-state index is 0.0633. The third kappa shape index (κ3) is 4.07. The summed E-state index contributed by atoms with van der Waals surface area (Å²) in [4.78, 5) is 12.1. The highest BCUT2D eigenvalue weighted by Crippen LogP contribution is 2.31. The molecule has 0 saturated heterocycles. The number of aryl methyl sites for hydroxylation is 1. The topological polar surface area (TPSA) is 59.6 Å². The Balaban J connectivity index is 1.50. The first kappa shape index (κ1) is 18.0. The van der Waals surface area contributed by atoms with Crippen LogP contribution in [0.4, 0.5) is 9.18 Å². The molecule has 2 N–H and O–H groups in total. The van der Waals surface area contributed by atoms with E-state index in [0.717, 1.165) is 29.5 Å². The van der Waals surface area contributed by atoms with Crippen LogP contribution in [0, 0.1) is 5.82 Å². The fraction of sp³-hybridized carbons (Fsp3) is 0.350. The van der Waals surface area contributed by atoms with Gasteiger partial charge in [0, 0.05) is 6.54 Å². The maximum Gasteiger partial charge on any atom is 0.315 e. The van der Waals surface area contributed by atoms with Crippen LogP contribution in [0.2, 0.25) is 0 Å². The Hall–Kier alpha value is -2.76. The zero-order valence-electron chi connectivity index (χ0n) is 15.0. The van der Waals surface area contributed by atoms with E-state index in [1.165, 1.54) is 6.07 Å². The van der Waals surface area contributed by atoms with Gasteiger partial charge in [-0.25, -0.2) is 9.18 Å². The van der Waals surface area contributed by atoms with E-state index in [1.807, 2.05) is 18.2 Å². The molecule has 0 heterocycles. The second-order valence-corrected chi connectivity index (χ2v) is 6.27. The zero-order chi connectivity index (χ0) is 18.5. The summed E-state index contributed by atoms with van der Waals surface area (Å²) in [6, 6.07) is 10.2. The molecule has 1 aliphatic carbocycles. The number of halogens is 1. The van der Waals surface area contributed by atoms with E-state index < -0.39 is 0 Å². The van der Waals surface area contributed by atoms with E-state index in [2.05, 4.69) is 10.6 Å². The summed E-state index contributed by atoms with van der Waals surface area (Å²) in [7, 11) is 3.19. The molecule has 0 aromatic heterocycles. The Morgan fingerprint density at radius 3 is 2.73 bits per heavy atom. The van der Waals surface area contributed by atoms with Gasteiger partial charge in [-0.3, -0.25) is 0 Å². The van der Waals surface area contributed by atoms with E-state index in [1.54, 1.807) is 26.4 Å². The van der Waals surface area contributed by atoms with Crippen molar-refractivity contribution < 1.29 is 18.7 Å². The fourth-order valence-electron chi connectivity index (χ4n) is 3.30. The number of carbonyl (C=O) groups excluding carboxylic acids is 1. The number of hydrogen-bond acceptors (Lipinski definition) is 3. The van der Waals surface area contributed by atoms with Crippen LogP contribution in [0.15, 0.2) is 36.4 Å². The highest BCUT2D eigenvalue weighted by Gasteiger charge is 2.24. The summed E-state index contributed by atoms with van der Waals surface area (Å²) in [5.74, 6) is 1.12. The second kappa shape index (κ2) is 8.08. The van der Waals surface area contributed by atoms with Crippen LogP contribution in [0.25, 0.3) is 0 Å². The highest BCUT2D eigenvalue weighted by molar-refractivity contribution is 5.74. The van der Waals surface area contributed by atoms with Crippen molar-refractivity contribution in [2.75, 3.05) is 20.8 Å². The number of ether oxygens (including phenoxy) is 2. The van der Waals surface area contributed by atoms with E-state index in [4.69, 9.17) is 9.47 Å². The Morgan fingerprint density at radius 2 is 1.96 bits per heavy atom. The molecular weight excluding hydrogens is 335 g/mol. The van der Waals surface area contributed by atoms with Gasteiger partial charge in [-0.2, -0.15) is 0 Å². The number of urea groups is 1. The Bertz CT molecular complexity index is 795. The van der Waals surface area contributed by atoms with Gasteiger partial charge in [0.15, 0.2) is 11.5 Å². The van der Waals surface area contributed by atoms with Gasteiger partial charge in [0.25, 0.3) is 0 Å². The van der Waals surface area contributed by atoms with Crippen molar-refractivity contribution in [3.8, 4) is 11.5 Å². The van der Waals surface area contributed by atoms with E-state index in [-0.39, 0.29) is 17.9 Å². The van der Waals surface area contributed by atoms with Crippen LogP contribution in [0.1, 0.15) is 29.2 Å². The lowest BCUT2D eigenvalue weighted by Gasteiger charge is -2.15. The van der Waals surface area contributed by atoms with Gasteiger partial charge in [-0.1, -0.05) is 12.1 Å². The van der Waals surface area contributed by atoms with Crippen molar-refractivity contribution in [1.29, 1.82) is 0 Å². The molecule has 3 rings (SSSR count). The minimum Gasteiger partial charge on any atom is -0.493 e. The Morgan fingerprint density at radius 1 is 1.15 bits per heavy atom. The summed E-state index contributed by atoms with van der Waals surface area (Å²) in [5, 5.41) is 5.83. The van der Waals surface area contributed by atoms with Crippen LogP contribution in [-0.2, 0) is 12.8 Å². The molecule has 2 aromatic carbocycles. The summed E-state index contributed by atoms with van der Waals surface area (Å²) >= 11 is 0. The Labute approximate surface area is 152 Å². The normalized spacial score (nSPS) is 15.3. The molecule has 1 atom stereocenters. The van der Waals surface area contributed by atoms with Gasteiger partial charge in [-0.05, 0) is 60.2 Å². The van der Waals surface area contributed by atoms with Crippen molar-refractivity contribution >= 4 is 6.03 Å². The van der Waals surface area contributed by atoms with Gasteiger partial charge in [0.1, 0.15) is 5.82 Å². The SMILES string of the molecule is COc1ccc(CCNC(=O)NC2CCc3cc(F)ccc32)cc1OC. The smallest absolute Gasteiger partial charge is 0.315 e. The van der Waals surface area contributed by atoms with Gasteiger partial charge < -0.3 is 20.1 Å². The number of benzene rings is 2. The molecule has 26 heavy (non-hydrogen) atoms. The van der Waals surface area contributed by atoms with Crippen LogP contribution in [0.5, 0.6) is 11.5 Å². The molecule has 0 aliphatic heterocycles. The molecule has 138 valence electrons. The number of methoxy groups -OCH3 is 2. The quantitative estimate of drug-likeness (QED) is 0.832. The molecule has 0 spiro atoms. The average Bonchev–Trinajstić information content (AvgIpc) is 3.03. The average molecular weight is 358 g/mol. The summed E-state index contributed by atoms with van der Waals surface area (Å²) in [6.45, 7) is 0.504. The lowest BCUT2D eigenvalue weighted by molar-refractivity contribution is 0.237. The number of amides is 2. The van der Waals surface area contributed by atoms with Crippen LogP contribution < -0.4 is 20.1 Å². The number of fused-ring (bicyclic) bond motifs is 1. The monoisotopic (exact) mass is 358 g/mol. The molecular formula is C20H23FN2O3. The van der Waals surface area contributed by atoms with Crippen molar-refractivity contribution in [2.24, 2.45) is 0 Å². The first-order valence-corrected chi connectivity index (χ1v) is 8.64. The minimum atomic E-state index is -0.233. The number of hydrogen-bond donors (Lipinski definition) is 2. The second-order valence-electron chi connectivity index (χ2n) is 6.27. The van der Waals surface area contributed by atoms with Crippen LogP contribution >= 0.6 is 0 Å². The summed E-state index contributed by atoms with van der Waals surface area (Å²) in [6.07, 6.45) is 2.26. The molecule has 5 nitrogen and oxygen atoms in total. The number of carbonyl (C=O) groups is 1. The molecule has 1 aliphatic rings. The first-order valence-electron chi connectivity index (χ1n) is 8.64.